The van der Waals surface area contributed by atoms with E-state index in [4.69, 9.17) is 4.74 Å². The van der Waals surface area contributed by atoms with Gasteiger partial charge in [-0.3, -0.25) is 0 Å². The minimum Gasteiger partial charge on any atom is -0.391 e. The molecule has 1 heterocycles. The van der Waals surface area contributed by atoms with Crippen molar-refractivity contribution in [3.8, 4) is 0 Å². The number of methoxy groups -OCH3 is 1. The summed E-state index contributed by atoms with van der Waals surface area (Å²) in [6, 6.07) is 0.433. The van der Waals surface area contributed by atoms with Crippen LogP contribution in [-0.4, -0.2) is 36.4 Å². The van der Waals surface area contributed by atoms with Crippen molar-refractivity contribution >= 4 is 16.5 Å². The molecule has 4 nitrogen and oxygen atoms in total. The summed E-state index contributed by atoms with van der Waals surface area (Å²) >= 11 is 1.57. The van der Waals surface area contributed by atoms with Crippen LogP contribution in [0, 0.1) is 6.92 Å². The van der Waals surface area contributed by atoms with Crippen LogP contribution in [0.25, 0.3) is 0 Å². The van der Waals surface area contributed by atoms with Gasteiger partial charge in [-0.15, -0.1) is 0 Å². The Hall–Kier alpha value is -0.650. The molecule has 0 bridgehead atoms. The highest BCUT2D eigenvalue weighted by Crippen LogP contribution is 2.27. The normalized spacial score (nSPS) is 12.8. The van der Waals surface area contributed by atoms with E-state index in [1.165, 1.54) is 0 Å². The van der Waals surface area contributed by atoms with Gasteiger partial charge in [0.25, 0.3) is 0 Å². The molecular weight excluding hydrogens is 236 g/mol. The number of rotatable bonds is 7. The fourth-order valence-corrected chi connectivity index (χ4v) is 2.65. The van der Waals surface area contributed by atoms with Gasteiger partial charge >= 0.3 is 0 Å². The number of aromatic nitrogens is 1. The number of ether oxygens (including phenoxy) is 1. The highest BCUT2D eigenvalue weighted by Gasteiger charge is 2.17. The zero-order valence-corrected chi connectivity index (χ0v) is 11.9. The molecule has 17 heavy (non-hydrogen) atoms. The van der Waals surface area contributed by atoms with Gasteiger partial charge in [0.2, 0.25) is 0 Å². The van der Waals surface area contributed by atoms with E-state index in [0.29, 0.717) is 12.6 Å². The van der Waals surface area contributed by atoms with Gasteiger partial charge in [-0.1, -0.05) is 18.3 Å². The molecule has 1 rings (SSSR count). The van der Waals surface area contributed by atoms with Gasteiger partial charge in [0, 0.05) is 19.7 Å². The van der Waals surface area contributed by atoms with Crippen molar-refractivity contribution in [2.24, 2.45) is 0 Å². The second kappa shape index (κ2) is 6.93. The second-order valence-electron chi connectivity index (χ2n) is 4.11. The number of hydrogen-bond acceptors (Lipinski definition) is 5. The predicted octanol–water partition coefficient (Wildman–Crippen LogP) is 2.20. The molecule has 1 aromatic heterocycles. The van der Waals surface area contributed by atoms with E-state index in [1.807, 2.05) is 6.92 Å². The molecule has 0 aliphatic heterocycles. The summed E-state index contributed by atoms with van der Waals surface area (Å²) in [6.45, 7) is 7.89. The fourth-order valence-electron chi connectivity index (χ4n) is 1.60. The van der Waals surface area contributed by atoms with Crippen LogP contribution in [0.2, 0.25) is 0 Å². The quantitative estimate of drug-likeness (QED) is 0.814. The van der Waals surface area contributed by atoms with Crippen molar-refractivity contribution in [3.05, 3.63) is 10.6 Å². The average Bonchev–Trinajstić information content (AvgIpc) is 2.70. The minimum atomic E-state index is 0.0716. The first-order valence-electron chi connectivity index (χ1n) is 5.96. The fraction of sp³-hybridized carbons (Fsp3) is 0.750. The van der Waals surface area contributed by atoms with E-state index in [2.05, 4.69) is 23.7 Å². The van der Waals surface area contributed by atoms with E-state index in [-0.39, 0.29) is 6.61 Å². The zero-order chi connectivity index (χ0) is 12.8. The maximum absolute atomic E-state index is 9.21. The Bertz CT molecular complexity index is 341. The SMILES string of the molecule is CCC(C)N(CCOC)c1nc(C)c(CO)s1. The molecule has 1 N–H and O–H groups in total. The molecule has 0 spiro atoms. The average molecular weight is 258 g/mol. The number of aryl methyl sites for hydroxylation is 1. The molecule has 0 saturated carbocycles. The van der Waals surface area contributed by atoms with Crippen LogP contribution < -0.4 is 4.90 Å². The number of nitrogens with zero attached hydrogens (tertiary/aromatic N) is 2. The molecule has 1 aromatic rings. The van der Waals surface area contributed by atoms with Crippen LogP contribution in [0.1, 0.15) is 30.8 Å². The minimum absolute atomic E-state index is 0.0716. The first-order valence-corrected chi connectivity index (χ1v) is 6.78. The maximum Gasteiger partial charge on any atom is 0.186 e. The smallest absolute Gasteiger partial charge is 0.186 e. The summed E-state index contributed by atoms with van der Waals surface area (Å²) in [5.41, 5.74) is 0.929. The van der Waals surface area contributed by atoms with Crippen molar-refractivity contribution in [2.45, 2.75) is 39.8 Å². The van der Waals surface area contributed by atoms with Crippen LogP contribution in [0.15, 0.2) is 0 Å². The molecule has 5 heteroatoms. The molecule has 0 saturated heterocycles. The molecule has 0 fully saturated rings. The maximum atomic E-state index is 9.21. The molecule has 1 unspecified atom stereocenters. The third-order valence-corrected chi connectivity index (χ3v) is 4.11. The van der Waals surface area contributed by atoms with Crippen LogP contribution in [-0.2, 0) is 11.3 Å². The molecule has 0 aromatic carbocycles. The summed E-state index contributed by atoms with van der Waals surface area (Å²) in [5.74, 6) is 0. The Labute approximate surface area is 107 Å². The summed E-state index contributed by atoms with van der Waals surface area (Å²) in [4.78, 5) is 7.73. The van der Waals surface area contributed by atoms with E-state index in [0.717, 1.165) is 28.7 Å². The van der Waals surface area contributed by atoms with Gasteiger partial charge in [0.15, 0.2) is 5.13 Å². The first-order chi connectivity index (χ1) is 8.13. The van der Waals surface area contributed by atoms with Crippen molar-refractivity contribution in [3.63, 3.8) is 0 Å². The largest absolute Gasteiger partial charge is 0.391 e. The summed E-state index contributed by atoms with van der Waals surface area (Å²) < 4.78 is 5.14. The number of aliphatic hydroxyl groups is 1. The standard InChI is InChI=1S/C12H22N2O2S/c1-5-9(2)14(6-7-16-4)12-13-10(3)11(8-15)17-12/h9,15H,5-8H2,1-4H3. The predicted molar refractivity (Wildman–Crippen MR) is 71.7 cm³/mol. The van der Waals surface area contributed by atoms with Crippen LogP contribution in [0.3, 0.4) is 0 Å². The van der Waals surface area contributed by atoms with Crippen molar-refractivity contribution < 1.29 is 9.84 Å². The van der Waals surface area contributed by atoms with Gasteiger partial charge in [-0.05, 0) is 20.3 Å². The molecule has 1 atom stereocenters. The second-order valence-corrected chi connectivity index (χ2v) is 5.17. The topological polar surface area (TPSA) is 45.6 Å². The Morgan fingerprint density at radius 1 is 1.53 bits per heavy atom. The third kappa shape index (κ3) is 3.66. The lowest BCUT2D eigenvalue weighted by Gasteiger charge is -2.27. The Balaban J connectivity index is 2.87. The lowest BCUT2D eigenvalue weighted by molar-refractivity contribution is 0.203. The highest BCUT2D eigenvalue weighted by atomic mass is 32.1. The van der Waals surface area contributed by atoms with Crippen molar-refractivity contribution in [1.29, 1.82) is 0 Å². The number of thiazole rings is 1. The monoisotopic (exact) mass is 258 g/mol. The van der Waals surface area contributed by atoms with Gasteiger partial charge in [0.05, 0.1) is 23.8 Å². The zero-order valence-electron chi connectivity index (χ0n) is 11.1. The Morgan fingerprint density at radius 3 is 2.71 bits per heavy atom. The van der Waals surface area contributed by atoms with Gasteiger partial charge in [-0.2, -0.15) is 0 Å². The lowest BCUT2D eigenvalue weighted by atomic mass is 10.2. The van der Waals surface area contributed by atoms with Crippen LogP contribution >= 0.6 is 11.3 Å². The lowest BCUT2D eigenvalue weighted by Crippen LogP contribution is -2.35. The number of hydrogen-bond donors (Lipinski definition) is 1. The first kappa shape index (κ1) is 14.4. The molecule has 0 radical (unpaired) electrons. The summed E-state index contributed by atoms with van der Waals surface area (Å²) in [5, 5.41) is 10.2. The third-order valence-electron chi connectivity index (χ3n) is 2.93. The Kier molecular flexibility index (Phi) is 5.88. The van der Waals surface area contributed by atoms with Gasteiger partial charge in [-0.25, -0.2) is 4.98 Å². The Morgan fingerprint density at radius 2 is 2.24 bits per heavy atom. The van der Waals surface area contributed by atoms with Gasteiger partial charge in [0.1, 0.15) is 0 Å². The van der Waals surface area contributed by atoms with E-state index in [9.17, 15) is 5.11 Å². The molecule has 0 aliphatic carbocycles. The molecular formula is C12H22N2O2S. The molecule has 0 aliphatic rings. The van der Waals surface area contributed by atoms with Crippen molar-refractivity contribution in [2.75, 3.05) is 25.2 Å². The van der Waals surface area contributed by atoms with E-state index >= 15 is 0 Å². The number of anilines is 1. The van der Waals surface area contributed by atoms with Crippen molar-refractivity contribution in [1.82, 2.24) is 4.98 Å². The van der Waals surface area contributed by atoms with Gasteiger partial charge < -0.3 is 14.7 Å². The van der Waals surface area contributed by atoms with Crippen LogP contribution in [0.5, 0.6) is 0 Å². The summed E-state index contributed by atoms with van der Waals surface area (Å²) in [6.07, 6.45) is 1.07. The molecule has 0 amide bonds. The van der Waals surface area contributed by atoms with E-state index in [1.54, 1.807) is 18.4 Å². The highest BCUT2D eigenvalue weighted by molar-refractivity contribution is 7.15. The summed E-state index contributed by atoms with van der Waals surface area (Å²) in [7, 11) is 1.71. The number of aliphatic hydroxyl groups excluding tert-OH is 1. The molecule has 98 valence electrons. The van der Waals surface area contributed by atoms with Crippen LogP contribution in [0.4, 0.5) is 5.13 Å². The van der Waals surface area contributed by atoms with E-state index < -0.39 is 0 Å².